The lowest BCUT2D eigenvalue weighted by molar-refractivity contribution is 0.584. The number of benzene rings is 2. The van der Waals surface area contributed by atoms with Crippen molar-refractivity contribution >= 4 is 0 Å². The van der Waals surface area contributed by atoms with E-state index in [1.165, 1.54) is 17.5 Å². The number of nitrogens with one attached hydrogen (secondary N) is 1. The van der Waals surface area contributed by atoms with Crippen LogP contribution in [0.5, 0.6) is 0 Å². The fourth-order valence-corrected chi connectivity index (χ4v) is 2.34. The van der Waals surface area contributed by atoms with Gasteiger partial charge in [0.1, 0.15) is 0 Å². The lowest BCUT2D eigenvalue weighted by Crippen LogP contribution is -2.17. The van der Waals surface area contributed by atoms with Crippen LogP contribution in [-0.4, -0.2) is 13.6 Å². The standard InChI is InChI=1S/C17H21N/c1-18-14-17(16-10-6-3-7-11-16)13-12-15-8-4-2-5-9-15/h2-11,17-18H,12-14H2,1H3/t17-/m1/s1. The zero-order chi connectivity index (χ0) is 12.6. The molecule has 0 aliphatic carbocycles. The Labute approximate surface area is 110 Å². The van der Waals surface area contributed by atoms with Gasteiger partial charge in [-0.2, -0.15) is 0 Å². The SMILES string of the molecule is CNC[C@@H](CCc1ccccc1)c1ccccc1. The highest BCUT2D eigenvalue weighted by molar-refractivity contribution is 5.21. The van der Waals surface area contributed by atoms with Crippen LogP contribution >= 0.6 is 0 Å². The first-order valence-corrected chi connectivity index (χ1v) is 6.63. The third-order valence-electron chi connectivity index (χ3n) is 3.35. The fourth-order valence-electron chi connectivity index (χ4n) is 2.34. The van der Waals surface area contributed by atoms with Gasteiger partial charge in [-0.3, -0.25) is 0 Å². The van der Waals surface area contributed by atoms with Crippen LogP contribution in [0.2, 0.25) is 0 Å². The van der Waals surface area contributed by atoms with E-state index in [1.54, 1.807) is 0 Å². The molecule has 0 amide bonds. The van der Waals surface area contributed by atoms with Gasteiger partial charge in [0.15, 0.2) is 0 Å². The minimum Gasteiger partial charge on any atom is -0.319 e. The molecule has 0 fully saturated rings. The van der Waals surface area contributed by atoms with Crippen molar-refractivity contribution in [2.75, 3.05) is 13.6 Å². The summed E-state index contributed by atoms with van der Waals surface area (Å²) in [6.45, 7) is 1.04. The van der Waals surface area contributed by atoms with E-state index in [0.29, 0.717) is 5.92 Å². The predicted molar refractivity (Wildman–Crippen MR) is 77.9 cm³/mol. The summed E-state index contributed by atoms with van der Waals surface area (Å²) < 4.78 is 0. The Bertz CT molecular complexity index is 436. The van der Waals surface area contributed by atoms with Crippen molar-refractivity contribution in [1.82, 2.24) is 5.32 Å². The molecular weight excluding hydrogens is 218 g/mol. The smallest absolute Gasteiger partial charge is 0.00172 e. The largest absolute Gasteiger partial charge is 0.319 e. The maximum absolute atomic E-state index is 3.30. The Morgan fingerprint density at radius 2 is 1.50 bits per heavy atom. The van der Waals surface area contributed by atoms with Crippen LogP contribution in [0, 0.1) is 0 Å². The predicted octanol–water partition coefficient (Wildman–Crippen LogP) is 3.62. The molecule has 18 heavy (non-hydrogen) atoms. The summed E-state index contributed by atoms with van der Waals surface area (Å²) in [5, 5.41) is 3.30. The van der Waals surface area contributed by atoms with Gasteiger partial charge in [-0.15, -0.1) is 0 Å². The van der Waals surface area contributed by atoms with Crippen LogP contribution in [0.3, 0.4) is 0 Å². The Hall–Kier alpha value is -1.60. The molecule has 0 spiro atoms. The highest BCUT2D eigenvalue weighted by Crippen LogP contribution is 2.20. The van der Waals surface area contributed by atoms with Gasteiger partial charge in [0, 0.05) is 6.54 Å². The van der Waals surface area contributed by atoms with Crippen LogP contribution in [0.1, 0.15) is 23.5 Å². The van der Waals surface area contributed by atoms with E-state index < -0.39 is 0 Å². The summed E-state index contributed by atoms with van der Waals surface area (Å²) in [5.74, 6) is 0.594. The molecule has 1 atom stereocenters. The molecule has 1 nitrogen and oxygen atoms in total. The summed E-state index contributed by atoms with van der Waals surface area (Å²) >= 11 is 0. The van der Waals surface area contributed by atoms with E-state index in [9.17, 15) is 0 Å². The van der Waals surface area contributed by atoms with E-state index in [-0.39, 0.29) is 0 Å². The van der Waals surface area contributed by atoms with E-state index in [2.05, 4.69) is 66.0 Å². The molecule has 2 aromatic rings. The molecule has 1 heteroatoms. The van der Waals surface area contributed by atoms with E-state index in [4.69, 9.17) is 0 Å². The highest BCUT2D eigenvalue weighted by Gasteiger charge is 2.10. The molecule has 0 aliphatic heterocycles. The molecule has 0 unspecified atom stereocenters. The van der Waals surface area contributed by atoms with Crippen molar-refractivity contribution in [3.8, 4) is 0 Å². The molecule has 0 aromatic heterocycles. The van der Waals surface area contributed by atoms with E-state index in [0.717, 1.165) is 13.0 Å². The van der Waals surface area contributed by atoms with Crippen molar-refractivity contribution in [3.05, 3.63) is 71.8 Å². The normalized spacial score (nSPS) is 12.3. The van der Waals surface area contributed by atoms with Crippen molar-refractivity contribution in [1.29, 1.82) is 0 Å². The first kappa shape index (κ1) is 12.8. The summed E-state index contributed by atoms with van der Waals surface area (Å²) in [5.41, 5.74) is 2.86. The number of hydrogen-bond donors (Lipinski definition) is 1. The summed E-state index contributed by atoms with van der Waals surface area (Å²) in [6, 6.07) is 21.5. The molecular formula is C17H21N. The summed E-state index contributed by atoms with van der Waals surface area (Å²) in [4.78, 5) is 0. The number of likely N-dealkylation sites (N-methyl/N-ethyl adjacent to an activating group) is 1. The maximum atomic E-state index is 3.30. The molecule has 2 rings (SSSR count). The van der Waals surface area contributed by atoms with Crippen LogP contribution in [0.25, 0.3) is 0 Å². The Balaban J connectivity index is 1.99. The lowest BCUT2D eigenvalue weighted by Gasteiger charge is -2.17. The maximum Gasteiger partial charge on any atom is 0.00172 e. The third kappa shape index (κ3) is 3.71. The van der Waals surface area contributed by atoms with Gasteiger partial charge in [0.25, 0.3) is 0 Å². The first-order chi connectivity index (χ1) is 8.90. The second kappa shape index (κ2) is 6.97. The Kier molecular flexibility index (Phi) is 4.98. The van der Waals surface area contributed by atoms with Gasteiger partial charge in [0.05, 0.1) is 0 Å². The average Bonchev–Trinajstić information content (AvgIpc) is 2.45. The number of aryl methyl sites for hydroxylation is 1. The van der Waals surface area contributed by atoms with Crippen molar-refractivity contribution in [3.63, 3.8) is 0 Å². The lowest BCUT2D eigenvalue weighted by atomic mass is 9.92. The summed E-state index contributed by atoms with van der Waals surface area (Å²) in [7, 11) is 2.03. The number of rotatable bonds is 6. The van der Waals surface area contributed by atoms with Gasteiger partial charge < -0.3 is 5.32 Å². The topological polar surface area (TPSA) is 12.0 Å². The molecule has 2 aromatic carbocycles. The Morgan fingerprint density at radius 3 is 2.11 bits per heavy atom. The minimum atomic E-state index is 0.594. The van der Waals surface area contributed by atoms with Crippen LogP contribution in [-0.2, 0) is 6.42 Å². The van der Waals surface area contributed by atoms with Crippen LogP contribution in [0.4, 0.5) is 0 Å². The molecule has 94 valence electrons. The van der Waals surface area contributed by atoms with Gasteiger partial charge in [-0.1, -0.05) is 60.7 Å². The Morgan fingerprint density at radius 1 is 0.889 bits per heavy atom. The average molecular weight is 239 g/mol. The molecule has 1 N–H and O–H groups in total. The van der Waals surface area contributed by atoms with Crippen LogP contribution in [0.15, 0.2) is 60.7 Å². The van der Waals surface area contributed by atoms with Crippen molar-refractivity contribution in [2.45, 2.75) is 18.8 Å². The van der Waals surface area contributed by atoms with Gasteiger partial charge in [0.2, 0.25) is 0 Å². The van der Waals surface area contributed by atoms with Crippen LogP contribution < -0.4 is 5.32 Å². The zero-order valence-corrected chi connectivity index (χ0v) is 11.0. The summed E-state index contributed by atoms with van der Waals surface area (Å²) in [6.07, 6.45) is 2.33. The monoisotopic (exact) mass is 239 g/mol. The second-order valence-corrected chi connectivity index (χ2v) is 4.69. The molecule has 0 saturated heterocycles. The van der Waals surface area contributed by atoms with Crippen molar-refractivity contribution < 1.29 is 0 Å². The van der Waals surface area contributed by atoms with E-state index in [1.807, 2.05) is 7.05 Å². The first-order valence-electron chi connectivity index (χ1n) is 6.63. The molecule has 0 bridgehead atoms. The number of hydrogen-bond acceptors (Lipinski definition) is 1. The second-order valence-electron chi connectivity index (χ2n) is 4.69. The molecule has 0 saturated carbocycles. The minimum absolute atomic E-state index is 0.594. The fraction of sp³-hybridized carbons (Fsp3) is 0.294. The van der Waals surface area contributed by atoms with Crippen molar-refractivity contribution in [2.24, 2.45) is 0 Å². The zero-order valence-electron chi connectivity index (χ0n) is 11.0. The molecule has 0 radical (unpaired) electrons. The quantitative estimate of drug-likeness (QED) is 0.812. The third-order valence-corrected chi connectivity index (χ3v) is 3.35. The van der Waals surface area contributed by atoms with Gasteiger partial charge >= 0.3 is 0 Å². The van der Waals surface area contributed by atoms with Gasteiger partial charge in [-0.25, -0.2) is 0 Å². The molecule has 0 aliphatic rings. The van der Waals surface area contributed by atoms with E-state index >= 15 is 0 Å². The molecule has 0 heterocycles. The van der Waals surface area contributed by atoms with Gasteiger partial charge in [-0.05, 0) is 36.9 Å². The highest BCUT2D eigenvalue weighted by atomic mass is 14.8.